The number of ether oxygens (including phenoxy) is 4. The zero-order valence-electron chi connectivity index (χ0n) is 57.2. The molecule has 0 saturated carbocycles. The molecule has 0 aromatic heterocycles. The Morgan fingerprint density at radius 3 is 0.864 bits per heavy atom. The van der Waals surface area contributed by atoms with Gasteiger partial charge in [-0.2, -0.15) is 0 Å². The maximum Gasteiger partial charge on any atom is 0.472 e. The summed E-state index contributed by atoms with van der Waals surface area (Å²) < 4.78 is 68.2. The molecule has 88 heavy (non-hydrogen) atoms. The van der Waals surface area contributed by atoms with Gasteiger partial charge in [0.2, 0.25) is 0 Å². The number of hydrogen-bond donors (Lipinski definition) is 3. The predicted molar refractivity (Wildman–Crippen MR) is 354 cm³/mol. The smallest absolute Gasteiger partial charge is 0.462 e. The quantitative estimate of drug-likeness (QED) is 0.0222. The molecule has 0 aromatic rings. The summed E-state index contributed by atoms with van der Waals surface area (Å²) >= 11 is 0. The number of carbonyl (C=O) groups is 4. The molecule has 0 heterocycles. The molecule has 0 aliphatic carbocycles. The summed E-state index contributed by atoms with van der Waals surface area (Å²) in [7, 11) is -9.90. The molecule has 7 atom stereocenters. The van der Waals surface area contributed by atoms with Crippen LogP contribution in [0.3, 0.4) is 0 Å². The molecule has 0 spiro atoms. The number of hydrogen-bond acceptors (Lipinski definition) is 15. The molecule has 0 aliphatic heterocycles. The fraction of sp³-hybridized carbons (Fsp3) is 0.942. The molecule has 19 heteroatoms. The number of aliphatic hydroxyl groups excluding tert-OH is 1. The van der Waals surface area contributed by atoms with Crippen LogP contribution in [0, 0.1) is 17.8 Å². The summed E-state index contributed by atoms with van der Waals surface area (Å²) in [6.45, 7) is 11.8. The number of aliphatic hydroxyl groups is 1. The van der Waals surface area contributed by atoms with Gasteiger partial charge in [-0.1, -0.05) is 292 Å². The highest BCUT2D eigenvalue weighted by molar-refractivity contribution is 7.47. The topological polar surface area (TPSA) is 237 Å². The van der Waals surface area contributed by atoms with Crippen LogP contribution in [0.25, 0.3) is 0 Å². The first-order valence-electron chi connectivity index (χ1n) is 35.9. The summed E-state index contributed by atoms with van der Waals surface area (Å²) in [5, 5.41) is 10.6. The molecule has 0 aliphatic rings. The van der Waals surface area contributed by atoms with Gasteiger partial charge in [0, 0.05) is 25.7 Å². The van der Waals surface area contributed by atoms with Crippen LogP contribution in [0.4, 0.5) is 0 Å². The van der Waals surface area contributed by atoms with Crippen LogP contribution >= 0.6 is 15.6 Å². The van der Waals surface area contributed by atoms with Gasteiger partial charge in [0.1, 0.15) is 19.3 Å². The van der Waals surface area contributed by atoms with Crippen LogP contribution in [-0.4, -0.2) is 96.7 Å². The van der Waals surface area contributed by atoms with Crippen molar-refractivity contribution < 1.29 is 80.2 Å². The third-order valence-electron chi connectivity index (χ3n) is 16.6. The van der Waals surface area contributed by atoms with Gasteiger partial charge in [-0.3, -0.25) is 37.3 Å². The van der Waals surface area contributed by atoms with Gasteiger partial charge in [0.05, 0.1) is 26.4 Å². The highest BCUT2D eigenvalue weighted by Crippen LogP contribution is 2.45. The van der Waals surface area contributed by atoms with E-state index >= 15 is 0 Å². The molecule has 4 unspecified atom stereocenters. The van der Waals surface area contributed by atoms with Gasteiger partial charge in [0.15, 0.2) is 12.2 Å². The monoisotopic (exact) mass is 1300 g/mol. The summed E-state index contributed by atoms with van der Waals surface area (Å²) in [6.07, 6.45) is 42.8. The minimum absolute atomic E-state index is 0.105. The second-order valence-electron chi connectivity index (χ2n) is 25.9. The molecular weight excluding hydrogens is 1160 g/mol. The average Bonchev–Trinajstić information content (AvgIpc) is 3.53. The van der Waals surface area contributed by atoms with Crippen molar-refractivity contribution in [3.8, 4) is 0 Å². The Kier molecular flexibility index (Phi) is 58.7. The first-order valence-corrected chi connectivity index (χ1v) is 38.9. The van der Waals surface area contributed by atoms with E-state index in [1.165, 1.54) is 154 Å². The molecule has 0 fully saturated rings. The zero-order chi connectivity index (χ0) is 65.2. The average molecular weight is 1300 g/mol. The van der Waals surface area contributed by atoms with Crippen LogP contribution in [0.15, 0.2) is 0 Å². The second-order valence-corrected chi connectivity index (χ2v) is 28.8. The lowest BCUT2D eigenvalue weighted by Gasteiger charge is -2.21. The van der Waals surface area contributed by atoms with Crippen molar-refractivity contribution in [2.45, 2.75) is 362 Å². The van der Waals surface area contributed by atoms with E-state index in [4.69, 9.17) is 37.0 Å². The van der Waals surface area contributed by atoms with E-state index in [0.717, 1.165) is 108 Å². The van der Waals surface area contributed by atoms with Crippen molar-refractivity contribution in [1.29, 1.82) is 0 Å². The van der Waals surface area contributed by atoms with Crippen molar-refractivity contribution in [1.82, 2.24) is 0 Å². The zero-order valence-corrected chi connectivity index (χ0v) is 59.0. The van der Waals surface area contributed by atoms with E-state index in [0.29, 0.717) is 25.7 Å². The Bertz CT molecular complexity index is 1740. The van der Waals surface area contributed by atoms with Gasteiger partial charge >= 0.3 is 39.5 Å². The van der Waals surface area contributed by atoms with Crippen molar-refractivity contribution in [2.24, 2.45) is 17.8 Å². The largest absolute Gasteiger partial charge is 0.472 e. The lowest BCUT2D eigenvalue weighted by atomic mass is 9.99. The Morgan fingerprint density at radius 1 is 0.330 bits per heavy atom. The van der Waals surface area contributed by atoms with Crippen LogP contribution in [0.1, 0.15) is 344 Å². The van der Waals surface area contributed by atoms with Gasteiger partial charge in [-0.25, -0.2) is 9.13 Å². The van der Waals surface area contributed by atoms with Crippen LogP contribution in [0.5, 0.6) is 0 Å². The lowest BCUT2D eigenvalue weighted by molar-refractivity contribution is -0.161. The number of carbonyl (C=O) groups excluding carboxylic acids is 4. The van der Waals surface area contributed by atoms with E-state index in [2.05, 4.69) is 48.5 Å². The number of phosphoric acid groups is 2. The first-order chi connectivity index (χ1) is 42.3. The fourth-order valence-electron chi connectivity index (χ4n) is 10.3. The van der Waals surface area contributed by atoms with Crippen molar-refractivity contribution in [3.63, 3.8) is 0 Å². The summed E-state index contributed by atoms with van der Waals surface area (Å²) in [5.41, 5.74) is 0. The third-order valence-corrected chi connectivity index (χ3v) is 18.5. The Labute approximate surface area is 537 Å². The number of unbranched alkanes of at least 4 members (excludes halogenated alkanes) is 33. The Hall–Kier alpha value is -1.94. The fourth-order valence-corrected chi connectivity index (χ4v) is 11.9. The SMILES string of the molecule is CCCCCCCCCCCCC(=O)OC[C@H](COP(=O)(O)OC[C@H](O)COP(=O)(O)OC[C@@H](COC(=O)CCCCCCCCCCCC(C)C)OC(=O)CCCCCCCCCCCCC(C)CC)OC(=O)CCCCCCCCCCC(C)CC. The highest BCUT2D eigenvalue weighted by Gasteiger charge is 2.30. The van der Waals surface area contributed by atoms with Gasteiger partial charge in [-0.15, -0.1) is 0 Å². The van der Waals surface area contributed by atoms with E-state index in [9.17, 15) is 43.2 Å². The molecule has 0 rings (SSSR count). The predicted octanol–water partition coefficient (Wildman–Crippen LogP) is 19.5. The molecule has 0 amide bonds. The maximum absolute atomic E-state index is 13.0. The summed E-state index contributed by atoms with van der Waals surface area (Å²) in [4.78, 5) is 72.5. The standard InChI is InChI=1S/C69H134O17P2/c1-8-11-12-13-14-15-21-29-36-43-50-66(71)79-57-65(86-69(74)53-46-39-32-25-24-28-35-42-49-62(7)10-3)59-84-88(77,78)82-55-63(70)54-81-87(75,76)83-58-64(56-80-67(72)51-44-37-30-23-18-19-26-33-40-47-60(4)5)85-68(73)52-45-38-31-22-17-16-20-27-34-41-48-61(6)9-2/h60-65,70H,8-59H2,1-7H3,(H,75,76)(H,77,78)/t61?,62?,63-,64-,65-/m1/s1. The van der Waals surface area contributed by atoms with Gasteiger partial charge in [-0.05, 0) is 43.4 Å². The molecule has 522 valence electrons. The Balaban J connectivity index is 5.27. The Morgan fingerprint density at radius 2 is 0.580 bits per heavy atom. The van der Waals surface area contributed by atoms with E-state index in [-0.39, 0.29) is 25.7 Å². The molecule has 3 N–H and O–H groups in total. The summed E-state index contributed by atoms with van der Waals surface area (Å²) in [6, 6.07) is 0. The van der Waals surface area contributed by atoms with Crippen molar-refractivity contribution in [3.05, 3.63) is 0 Å². The van der Waals surface area contributed by atoms with E-state index in [1.807, 2.05) is 0 Å². The molecule has 0 bridgehead atoms. The highest BCUT2D eigenvalue weighted by atomic mass is 31.2. The molecule has 0 radical (unpaired) electrons. The number of phosphoric ester groups is 2. The van der Waals surface area contributed by atoms with E-state index in [1.54, 1.807) is 0 Å². The first kappa shape index (κ1) is 86.1. The number of rotatable bonds is 67. The van der Waals surface area contributed by atoms with Crippen LogP contribution in [-0.2, 0) is 65.4 Å². The van der Waals surface area contributed by atoms with Gasteiger partial charge < -0.3 is 33.8 Å². The molecule has 17 nitrogen and oxygen atoms in total. The van der Waals surface area contributed by atoms with Crippen LogP contribution < -0.4 is 0 Å². The summed E-state index contributed by atoms with van der Waals surface area (Å²) in [5.74, 6) is 0.188. The van der Waals surface area contributed by atoms with Gasteiger partial charge in [0.25, 0.3) is 0 Å². The van der Waals surface area contributed by atoms with Crippen LogP contribution in [0.2, 0.25) is 0 Å². The molecular formula is C69H134O17P2. The van der Waals surface area contributed by atoms with Crippen molar-refractivity contribution in [2.75, 3.05) is 39.6 Å². The maximum atomic E-state index is 13.0. The minimum Gasteiger partial charge on any atom is -0.462 e. The molecule has 0 saturated heterocycles. The minimum atomic E-state index is -4.95. The number of esters is 4. The normalized spacial score (nSPS) is 14.9. The van der Waals surface area contributed by atoms with Crippen molar-refractivity contribution >= 4 is 39.5 Å². The second kappa shape index (κ2) is 60.0. The third kappa shape index (κ3) is 60.3. The van der Waals surface area contributed by atoms with E-state index < -0.39 is 97.5 Å². The lowest BCUT2D eigenvalue weighted by Crippen LogP contribution is -2.30. The molecule has 0 aromatic carbocycles.